The van der Waals surface area contributed by atoms with Crippen molar-refractivity contribution in [3.8, 4) is 0 Å². The molecule has 0 heterocycles. The molecule has 0 saturated carbocycles. The normalized spacial score (nSPS) is 11.0. The Morgan fingerprint density at radius 1 is 1.14 bits per heavy atom. The zero-order chi connectivity index (χ0) is 16.1. The van der Waals surface area contributed by atoms with Crippen LogP contribution in [-0.2, 0) is 0 Å². The van der Waals surface area contributed by atoms with Gasteiger partial charge in [0, 0.05) is 17.7 Å². The van der Waals surface area contributed by atoms with Gasteiger partial charge in [-0.2, -0.15) is 5.10 Å². The van der Waals surface area contributed by atoms with Crippen LogP contribution in [0.25, 0.3) is 0 Å². The third kappa shape index (κ3) is 3.45. The molecule has 0 aliphatic heterocycles. The van der Waals surface area contributed by atoms with Crippen molar-refractivity contribution in [1.29, 1.82) is 0 Å². The highest BCUT2D eigenvalue weighted by atomic mass is 16.6. The lowest BCUT2D eigenvalue weighted by atomic mass is 10.0. The van der Waals surface area contributed by atoms with Crippen LogP contribution in [0.5, 0.6) is 0 Å². The second-order valence-corrected chi connectivity index (χ2v) is 4.46. The molecule has 7 nitrogen and oxygen atoms in total. The third-order valence-corrected chi connectivity index (χ3v) is 2.98. The van der Waals surface area contributed by atoms with E-state index in [2.05, 4.69) is 10.5 Å². The molecule has 2 rings (SSSR count). The summed E-state index contributed by atoms with van der Waals surface area (Å²) in [6.45, 7) is 1.68. The summed E-state index contributed by atoms with van der Waals surface area (Å²) in [6.07, 6.45) is 0. The third-order valence-electron chi connectivity index (χ3n) is 2.98. The van der Waals surface area contributed by atoms with Gasteiger partial charge in [0.2, 0.25) is 0 Å². The minimum Gasteiger partial charge on any atom is -0.478 e. The van der Waals surface area contributed by atoms with Gasteiger partial charge in [-0.05, 0) is 25.1 Å². The van der Waals surface area contributed by atoms with Crippen LogP contribution < -0.4 is 5.43 Å². The zero-order valence-corrected chi connectivity index (χ0v) is 11.7. The predicted molar refractivity (Wildman–Crippen MR) is 82.3 cm³/mol. The summed E-state index contributed by atoms with van der Waals surface area (Å²) in [5.41, 5.74) is 4.47. The van der Waals surface area contributed by atoms with Crippen molar-refractivity contribution < 1.29 is 14.8 Å². The molecule has 0 bridgehead atoms. The number of anilines is 1. The molecule has 0 saturated heterocycles. The van der Waals surface area contributed by atoms with Gasteiger partial charge in [-0.3, -0.25) is 15.5 Å². The van der Waals surface area contributed by atoms with Gasteiger partial charge in [0.25, 0.3) is 5.69 Å². The average Bonchev–Trinajstić information content (AvgIpc) is 2.53. The number of nitrogens with zero attached hydrogens (tertiary/aromatic N) is 2. The fourth-order valence-electron chi connectivity index (χ4n) is 1.85. The van der Waals surface area contributed by atoms with Gasteiger partial charge < -0.3 is 5.11 Å². The van der Waals surface area contributed by atoms with Crippen molar-refractivity contribution in [3.05, 3.63) is 69.8 Å². The van der Waals surface area contributed by atoms with Gasteiger partial charge in [0.05, 0.1) is 21.9 Å². The van der Waals surface area contributed by atoms with E-state index in [0.717, 1.165) is 0 Å². The molecule has 2 aromatic carbocycles. The maximum Gasteiger partial charge on any atom is 0.336 e. The molecule has 0 atom stereocenters. The van der Waals surface area contributed by atoms with Gasteiger partial charge in [-0.25, -0.2) is 4.79 Å². The van der Waals surface area contributed by atoms with Gasteiger partial charge in [0.1, 0.15) is 0 Å². The number of nitro groups is 1. The first kappa shape index (κ1) is 15.2. The molecule has 0 fully saturated rings. The Kier molecular flexibility index (Phi) is 4.47. The maximum absolute atomic E-state index is 11.2. The highest BCUT2D eigenvalue weighted by Gasteiger charge is 2.11. The Bertz CT molecular complexity index is 739. The summed E-state index contributed by atoms with van der Waals surface area (Å²) >= 11 is 0. The van der Waals surface area contributed by atoms with Crippen molar-refractivity contribution in [1.82, 2.24) is 0 Å². The number of carboxylic acid groups (broad SMARTS) is 1. The van der Waals surface area contributed by atoms with E-state index in [1.54, 1.807) is 25.1 Å². The summed E-state index contributed by atoms with van der Waals surface area (Å²) in [4.78, 5) is 21.2. The van der Waals surface area contributed by atoms with Crippen LogP contribution in [0.4, 0.5) is 11.4 Å². The smallest absolute Gasteiger partial charge is 0.336 e. The molecule has 2 aromatic rings. The first-order chi connectivity index (χ1) is 10.5. The highest BCUT2D eigenvalue weighted by molar-refractivity contribution is 6.07. The predicted octanol–water partition coefficient (Wildman–Crippen LogP) is 3.13. The maximum atomic E-state index is 11.2. The van der Waals surface area contributed by atoms with Gasteiger partial charge in [0.15, 0.2) is 0 Å². The lowest BCUT2D eigenvalue weighted by Crippen LogP contribution is -2.08. The molecule has 0 spiro atoms. The molecule has 2 N–H and O–H groups in total. The van der Waals surface area contributed by atoms with Crippen LogP contribution in [0.1, 0.15) is 22.8 Å². The van der Waals surface area contributed by atoms with E-state index < -0.39 is 10.9 Å². The van der Waals surface area contributed by atoms with Crippen molar-refractivity contribution in [2.24, 2.45) is 5.10 Å². The lowest BCUT2D eigenvalue weighted by Gasteiger charge is -2.06. The topological polar surface area (TPSA) is 105 Å². The average molecular weight is 299 g/mol. The van der Waals surface area contributed by atoms with Crippen LogP contribution in [-0.4, -0.2) is 21.7 Å². The second-order valence-electron chi connectivity index (χ2n) is 4.46. The van der Waals surface area contributed by atoms with Crippen LogP contribution in [0, 0.1) is 10.1 Å². The Morgan fingerprint density at radius 3 is 2.27 bits per heavy atom. The minimum atomic E-state index is -1.03. The quantitative estimate of drug-likeness (QED) is 0.501. The van der Waals surface area contributed by atoms with E-state index >= 15 is 0 Å². The number of nitrogens with one attached hydrogen (secondary N) is 1. The number of hydrazone groups is 1. The van der Waals surface area contributed by atoms with Crippen LogP contribution in [0.3, 0.4) is 0 Å². The van der Waals surface area contributed by atoms with Gasteiger partial charge >= 0.3 is 5.97 Å². The van der Waals surface area contributed by atoms with Gasteiger partial charge in [-0.1, -0.05) is 18.2 Å². The SMILES string of the molecule is C/C(=N\Nc1ccc([N+](=O)[O-])cc1)c1ccccc1C(=O)O. The summed E-state index contributed by atoms with van der Waals surface area (Å²) in [5, 5.41) is 23.8. The van der Waals surface area contributed by atoms with Crippen molar-refractivity contribution in [3.63, 3.8) is 0 Å². The van der Waals surface area contributed by atoms with E-state index in [-0.39, 0.29) is 11.3 Å². The van der Waals surface area contributed by atoms with Crippen molar-refractivity contribution in [2.45, 2.75) is 6.92 Å². The number of benzene rings is 2. The fourth-order valence-corrected chi connectivity index (χ4v) is 1.85. The molecule has 7 heteroatoms. The van der Waals surface area contributed by atoms with E-state index in [1.807, 2.05) is 0 Å². The number of nitro benzene ring substituents is 1. The van der Waals surface area contributed by atoms with Gasteiger partial charge in [-0.15, -0.1) is 0 Å². The Hall–Kier alpha value is -3.22. The Morgan fingerprint density at radius 2 is 1.73 bits per heavy atom. The van der Waals surface area contributed by atoms with E-state index in [9.17, 15) is 14.9 Å². The van der Waals surface area contributed by atoms with E-state index in [4.69, 9.17) is 5.11 Å². The molecule has 0 aromatic heterocycles. The molecule has 0 amide bonds. The summed E-state index contributed by atoms with van der Waals surface area (Å²) in [6, 6.07) is 12.3. The molecular formula is C15H13N3O4. The number of aromatic carboxylic acids is 1. The molecular weight excluding hydrogens is 286 g/mol. The summed E-state index contributed by atoms with van der Waals surface area (Å²) in [7, 11) is 0. The first-order valence-corrected chi connectivity index (χ1v) is 6.36. The van der Waals surface area contributed by atoms with Crippen LogP contribution in [0.2, 0.25) is 0 Å². The van der Waals surface area contributed by atoms with E-state index in [1.165, 1.54) is 30.3 Å². The number of hydrogen-bond acceptors (Lipinski definition) is 5. The summed E-state index contributed by atoms with van der Waals surface area (Å²) < 4.78 is 0. The zero-order valence-electron chi connectivity index (χ0n) is 11.7. The number of non-ortho nitro benzene ring substituents is 1. The van der Waals surface area contributed by atoms with Crippen LogP contribution >= 0.6 is 0 Å². The number of hydrogen-bond donors (Lipinski definition) is 2. The number of carboxylic acids is 1. The number of rotatable bonds is 5. The molecule has 0 radical (unpaired) electrons. The Balaban J connectivity index is 2.19. The largest absolute Gasteiger partial charge is 0.478 e. The minimum absolute atomic E-state index is 0.0116. The van der Waals surface area contributed by atoms with Crippen molar-refractivity contribution >= 4 is 23.1 Å². The first-order valence-electron chi connectivity index (χ1n) is 6.36. The molecule has 0 aliphatic carbocycles. The van der Waals surface area contributed by atoms with Crippen molar-refractivity contribution in [2.75, 3.05) is 5.43 Å². The molecule has 22 heavy (non-hydrogen) atoms. The van der Waals surface area contributed by atoms with Crippen LogP contribution in [0.15, 0.2) is 53.6 Å². The second kappa shape index (κ2) is 6.49. The monoisotopic (exact) mass is 299 g/mol. The fraction of sp³-hybridized carbons (Fsp3) is 0.0667. The highest BCUT2D eigenvalue weighted by Crippen LogP contribution is 2.16. The molecule has 0 aliphatic rings. The summed E-state index contributed by atoms with van der Waals surface area (Å²) in [5.74, 6) is -1.03. The lowest BCUT2D eigenvalue weighted by molar-refractivity contribution is -0.384. The Labute approximate surface area is 126 Å². The van der Waals surface area contributed by atoms with E-state index in [0.29, 0.717) is 17.0 Å². The molecule has 112 valence electrons. The molecule has 0 unspecified atom stereocenters. The number of carbonyl (C=O) groups is 1. The standard InChI is InChI=1S/C15H13N3O4/c1-10(13-4-2-3-5-14(13)15(19)20)16-17-11-6-8-12(9-7-11)18(21)22/h2-9,17H,1H3,(H,19,20)/b16-10+.